The Morgan fingerprint density at radius 2 is 1.96 bits per heavy atom. The second kappa shape index (κ2) is 9.71. The number of hydrogen-bond acceptors (Lipinski definition) is 7. The second-order valence-electron chi connectivity index (χ2n) is 7.55. The lowest BCUT2D eigenvalue weighted by atomic mass is 9.93. The Bertz CT molecular complexity index is 467. The van der Waals surface area contributed by atoms with E-state index < -0.39 is 35.9 Å². The van der Waals surface area contributed by atoms with Crippen LogP contribution in [0.4, 0.5) is 0 Å². The maximum Gasteiger partial charge on any atom is 0.237 e. The number of carbonyl (C=O) groups excluding carboxylic acids is 1. The van der Waals surface area contributed by atoms with Crippen LogP contribution in [0.15, 0.2) is 0 Å². The summed E-state index contributed by atoms with van der Waals surface area (Å²) in [5.74, 6) is 0.477. The molecule has 0 radical (unpaired) electrons. The standard InChI is InChI=1S/C18H34N2O5S/c1-5-7-10-8-12(20(3)9-10)17(24)19-11(6-2)16-14(22)13(21)15(23)18(25-16)26-4/h10-16,18,21-23H,5-9H2,1-4H3,(H,19,24)/t10-,11-,12+,13?,14?,15-,16-,18?/m1/s1. The minimum Gasteiger partial charge on any atom is -0.388 e. The first-order valence-electron chi connectivity index (χ1n) is 9.57. The minimum absolute atomic E-state index is 0.0601. The van der Waals surface area contributed by atoms with Crippen molar-refractivity contribution in [3.63, 3.8) is 0 Å². The van der Waals surface area contributed by atoms with Gasteiger partial charge in [-0.05, 0) is 38.5 Å². The fraction of sp³-hybridized carbons (Fsp3) is 0.944. The predicted octanol–water partition coefficient (Wildman–Crippen LogP) is 0.172. The molecule has 0 aromatic rings. The summed E-state index contributed by atoms with van der Waals surface area (Å²) in [5.41, 5.74) is -0.632. The summed E-state index contributed by atoms with van der Waals surface area (Å²) < 4.78 is 5.81. The number of rotatable bonds is 7. The first-order valence-corrected chi connectivity index (χ1v) is 10.9. The summed E-state index contributed by atoms with van der Waals surface area (Å²) in [6.07, 6.45) is 0.974. The quantitative estimate of drug-likeness (QED) is 0.492. The number of aliphatic hydroxyl groups excluding tert-OH is 3. The monoisotopic (exact) mass is 390 g/mol. The van der Waals surface area contributed by atoms with Crippen molar-refractivity contribution >= 4 is 17.7 Å². The molecule has 2 aliphatic rings. The highest BCUT2D eigenvalue weighted by molar-refractivity contribution is 7.99. The lowest BCUT2D eigenvalue weighted by Crippen LogP contribution is -2.63. The molecule has 2 rings (SSSR count). The van der Waals surface area contributed by atoms with Crippen molar-refractivity contribution in [1.29, 1.82) is 0 Å². The van der Waals surface area contributed by atoms with Gasteiger partial charge in [0.2, 0.25) is 5.91 Å². The van der Waals surface area contributed by atoms with Crippen LogP contribution in [0, 0.1) is 5.92 Å². The highest BCUT2D eigenvalue weighted by Crippen LogP contribution is 2.30. The smallest absolute Gasteiger partial charge is 0.237 e. The lowest BCUT2D eigenvalue weighted by molar-refractivity contribution is -0.205. The van der Waals surface area contributed by atoms with E-state index in [1.54, 1.807) is 6.26 Å². The van der Waals surface area contributed by atoms with Crippen LogP contribution in [0.1, 0.15) is 39.5 Å². The topological polar surface area (TPSA) is 102 Å². The van der Waals surface area contributed by atoms with Gasteiger partial charge in [-0.25, -0.2) is 0 Å². The molecule has 2 fully saturated rings. The Kier molecular flexibility index (Phi) is 8.18. The molecule has 8 heteroatoms. The van der Waals surface area contributed by atoms with Crippen LogP contribution in [-0.2, 0) is 9.53 Å². The molecule has 4 N–H and O–H groups in total. The van der Waals surface area contributed by atoms with Crippen molar-refractivity contribution in [3.05, 3.63) is 0 Å². The van der Waals surface area contributed by atoms with Crippen molar-refractivity contribution in [1.82, 2.24) is 10.2 Å². The normalized spacial score (nSPS) is 39.7. The largest absolute Gasteiger partial charge is 0.388 e. The zero-order chi connectivity index (χ0) is 19.4. The van der Waals surface area contributed by atoms with Gasteiger partial charge in [-0.15, -0.1) is 11.8 Å². The Morgan fingerprint density at radius 1 is 1.27 bits per heavy atom. The number of nitrogens with one attached hydrogen (secondary N) is 1. The highest BCUT2D eigenvalue weighted by Gasteiger charge is 2.47. The second-order valence-corrected chi connectivity index (χ2v) is 8.48. The number of aliphatic hydroxyl groups is 3. The number of thioether (sulfide) groups is 1. The van der Waals surface area contributed by atoms with E-state index in [9.17, 15) is 20.1 Å². The molecule has 152 valence electrons. The molecule has 0 saturated carbocycles. The van der Waals surface area contributed by atoms with Crippen LogP contribution in [0.3, 0.4) is 0 Å². The molecule has 7 nitrogen and oxygen atoms in total. The third-order valence-electron chi connectivity index (χ3n) is 5.64. The van der Waals surface area contributed by atoms with Crippen molar-refractivity contribution in [2.75, 3.05) is 19.8 Å². The van der Waals surface area contributed by atoms with Crippen LogP contribution >= 0.6 is 11.8 Å². The van der Waals surface area contributed by atoms with Gasteiger partial charge in [0.15, 0.2) is 0 Å². The van der Waals surface area contributed by atoms with E-state index in [4.69, 9.17) is 4.74 Å². The Balaban J connectivity index is 2.02. The van der Waals surface area contributed by atoms with Gasteiger partial charge in [0.05, 0.1) is 12.1 Å². The molecule has 26 heavy (non-hydrogen) atoms. The number of carbonyl (C=O) groups is 1. The molecule has 3 unspecified atom stereocenters. The van der Waals surface area contributed by atoms with E-state index >= 15 is 0 Å². The molecule has 2 aliphatic heterocycles. The number of hydrogen-bond donors (Lipinski definition) is 4. The van der Waals surface area contributed by atoms with Gasteiger partial charge in [-0.2, -0.15) is 0 Å². The summed E-state index contributed by atoms with van der Waals surface area (Å²) in [6, 6.07) is -0.596. The van der Waals surface area contributed by atoms with Crippen molar-refractivity contribution < 1.29 is 24.9 Å². The van der Waals surface area contributed by atoms with Gasteiger partial charge in [0.25, 0.3) is 0 Å². The molecular formula is C18H34N2O5S. The van der Waals surface area contributed by atoms with Crippen LogP contribution in [0.2, 0.25) is 0 Å². The van der Waals surface area contributed by atoms with E-state index in [-0.39, 0.29) is 11.9 Å². The number of ether oxygens (including phenoxy) is 1. The Labute approximate surface area is 160 Å². The van der Waals surface area contributed by atoms with Gasteiger partial charge < -0.3 is 25.4 Å². The van der Waals surface area contributed by atoms with Gasteiger partial charge in [-0.1, -0.05) is 20.3 Å². The number of likely N-dealkylation sites (N-methyl/N-ethyl adjacent to an activating group) is 1. The van der Waals surface area contributed by atoms with E-state index in [2.05, 4.69) is 17.1 Å². The molecule has 2 heterocycles. The molecule has 0 aliphatic carbocycles. The molecule has 0 aromatic heterocycles. The van der Waals surface area contributed by atoms with Crippen molar-refractivity contribution in [3.8, 4) is 0 Å². The minimum atomic E-state index is -1.29. The summed E-state index contributed by atoms with van der Waals surface area (Å²) in [6.45, 7) is 4.99. The number of amides is 1. The van der Waals surface area contributed by atoms with Crippen LogP contribution in [-0.4, -0.2) is 87.9 Å². The van der Waals surface area contributed by atoms with E-state index in [0.29, 0.717) is 12.3 Å². The van der Waals surface area contributed by atoms with Crippen LogP contribution in [0.25, 0.3) is 0 Å². The number of nitrogens with zero attached hydrogens (tertiary/aromatic N) is 1. The zero-order valence-corrected chi connectivity index (χ0v) is 17.0. The molecule has 0 bridgehead atoms. The maximum absolute atomic E-state index is 12.8. The zero-order valence-electron chi connectivity index (χ0n) is 16.2. The summed E-state index contributed by atoms with van der Waals surface area (Å²) in [7, 11) is 1.97. The number of likely N-dealkylation sites (tertiary alicyclic amines) is 1. The fourth-order valence-electron chi connectivity index (χ4n) is 4.13. The molecular weight excluding hydrogens is 356 g/mol. The third-order valence-corrected chi connectivity index (χ3v) is 6.49. The fourth-order valence-corrected chi connectivity index (χ4v) is 4.81. The SMILES string of the molecule is CCC[C@@H]1C[C@@H](C(=O)N[C@H](CC)[C@H]2OC(SC)[C@H](O)C(O)C2O)N(C)C1. The summed E-state index contributed by atoms with van der Waals surface area (Å²) in [4.78, 5) is 14.9. The van der Waals surface area contributed by atoms with Crippen LogP contribution < -0.4 is 5.32 Å². The summed E-state index contributed by atoms with van der Waals surface area (Å²) >= 11 is 1.28. The Hall–Kier alpha value is -0.380. The molecule has 0 aromatic carbocycles. The van der Waals surface area contributed by atoms with E-state index in [1.807, 2.05) is 14.0 Å². The lowest BCUT2D eigenvalue weighted by Gasteiger charge is -2.43. The summed E-state index contributed by atoms with van der Waals surface area (Å²) in [5, 5.41) is 33.5. The van der Waals surface area contributed by atoms with E-state index in [1.165, 1.54) is 11.8 Å². The van der Waals surface area contributed by atoms with E-state index in [0.717, 1.165) is 25.8 Å². The van der Waals surface area contributed by atoms with Crippen molar-refractivity contribution in [2.24, 2.45) is 5.92 Å². The molecule has 2 saturated heterocycles. The average molecular weight is 391 g/mol. The van der Waals surface area contributed by atoms with Gasteiger partial charge in [0.1, 0.15) is 29.9 Å². The average Bonchev–Trinajstić information content (AvgIpc) is 2.99. The highest BCUT2D eigenvalue weighted by atomic mass is 32.2. The molecule has 0 spiro atoms. The third kappa shape index (κ3) is 4.72. The maximum atomic E-state index is 12.8. The van der Waals surface area contributed by atoms with Crippen molar-refractivity contribution in [2.45, 2.75) is 81.5 Å². The van der Waals surface area contributed by atoms with Crippen LogP contribution in [0.5, 0.6) is 0 Å². The first kappa shape index (κ1) is 21.9. The Morgan fingerprint density at radius 3 is 2.54 bits per heavy atom. The first-order chi connectivity index (χ1) is 12.3. The van der Waals surface area contributed by atoms with Gasteiger partial charge in [-0.3, -0.25) is 9.69 Å². The van der Waals surface area contributed by atoms with Gasteiger partial charge >= 0.3 is 0 Å². The molecule has 1 amide bonds. The molecule has 8 atom stereocenters. The predicted molar refractivity (Wildman–Crippen MR) is 102 cm³/mol. The van der Waals surface area contributed by atoms with Gasteiger partial charge in [0, 0.05) is 6.54 Å².